The van der Waals surface area contributed by atoms with Gasteiger partial charge in [-0.05, 0) is 60.5 Å². The fourth-order valence-corrected chi connectivity index (χ4v) is 0.975. The van der Waals surface area contributed by atoms with E-state index in [2.05, 4.69) is 26.0 Å². The minimum atomic E-state index is 0.633. The van der Waals surface area contributed by atoms with E-state index < -0.39 is 0 Å². The van der Waals surface area contributed by atoms with Crippen molar-refractivity contribution in [3.63, 3.8) is 0 Å². The van der Waals surface area contributed by atoms with E-state index >= 15 is 0 Å². The Morgan fingerprint density at radius 1 is 1.06 bits per heavy atom. The smallest absolute Gasteiger partial charge is 0.0355 e. The van der Waals surface area contributed by atoms with Gasteiger partial charge in [0.2, 0.25) is 0 Å². The number of rotatable bonds is 1. The summed E-state index contributed by atoms with van der Waals surface area (Å²) in [5.74, 6) is 0. The van der Waals surface area contributed by atoms with Gasteiger partial charge in [0.25, 0.3) is 0 Å². The van der Waals surface area contributed by atoms with Crippen molar-refractivity contribution in [1.29, 1.82) is 5.41 Å². The van der Waals surface area contributed by atoms with Crippen LogP contribution in [0.3, 0.4) is 0 Å². The molecule has 0 fully saturated rings. The number of hydrogen-bond donors (Lipinski definition) is 1. The first-order chi connectivity index (χ1) is 8.52. The first-order valence-electron chi connectivity index (χ1n) is 6.30. The molecule has 0 saturated carbocycles. The normalized spacial score (nSPS) is 7.61. The lowest BCUT2D eigenvalue weighted by atomic mass is 10.0. The zero-order valence-electron chi connectivity index (χ0n) is 13.0. The molecule has 0 spiro atoms. The number of aryl methyl sites for hydroxylation is 2. The highest BCUT2D eigenvalue weighted by Gasteiger charge is 1.96. The van der Waals surface area contributed by atoms with Gasteiger partial charge in [0.1, 0.15) is 0 Å². The Kier molecular flexibility index (Phi) is 20.8. The number of benzene rings is 1. The van der Waals surface area contributed by atoms with Gasteiger partial charge in [-0.3, -0.25) is 0 Å². The summed E-state index contributed by atoms with van der Waals surface area (Å²) in [4.78, 5) is 0. The Labute approximate surface area is 122 Å². The van der Waals surface area contributed by atoms with Crippen molar-refractivity contribution < 1.29 is 0 Å². The summed E-state index contributed by atoms with van der Waals surface area (Å²) in [6.07, 6.45) is 1.81. The Bertz CT molecular complexity index is 311. The van der Waals surface area contributed by atoms with Crippen molar-refractivity contribution >= 4 is 27.4 Å². The summed E-state index contributed by atoms with van der Waals surface area (Å²) in [6, 6.07) is 6.10. The molecule has 0 aromatic heterocycles. The predicted octanol–water partition coefficient (Wildman–Crippen LogP) is 6.25. The minimum Gasteiger partial charge on any atom is -0.305 e. The fourth-order valence-electron chi connectivity index (χ4n) is 0.975. The first kappa shape index (κ1) is 22.7. The van der Waals surface area contributed by atoms with Crippen LogP contribution in [0.5, 0.6) is 0 Å². The summed E-state index contributed by atoms with van der Waals surface area (Å²) in [6.45, 7) is 14.0. The van der Waals surface area contributed by atoms with Crippen LogP contribution in [-0.2, 0) is 0 Å². The Hall–Kier alpha value is -0.470. The SMILES string of the molecule is CC.CC.CC(=N)c1ccc(C)c(C)c1.CSCl. The lowest BCUT2D eigenvalue weighted by Gasteiger charge is -2.02. The molecular formula is C15H28ClNS. The third-order valence-corrected chi connectivity index (χ3v) is 1.94. The molecule has 1 rings (SSSR count). The summed E-state index contributed by atoms with van der Waals surface area (Å²) in [7, 11) is 6.14. The van der Waals surface area contributed by atoms with Gasteiger partial charge in [0.05, 0.1) is 0 Å². The van der Waals surface area contributed by atoms with Crippen molar-refractivity contribution in [1.82, 2.24) is 0 Å². The van der Waals surface area contributed by atoms with Crippen LogP contribution in [0.15, 0.2) is 18.2 Å². The molecule has 0 atom stereocenters. The molecule has 1 aromatic carbocycles. The van der Waals surface area contributed by atoms with E-state index in [9.17, 15) is 0 Å². The first-order valence-corrected chi connectivity index (χ1v) is 8.35. The van der Waals surface area contributed by atoms with Crippen LogP contribution in [0.1, 0.15) is 51.3 Å². The molecule has 18 heavy (non-hydrogen) atoms. The maximum absolute atomic E-state index is 7.40. The van der Waals surface area contributed by atoms with Crippen LogP contribution in [0.4, 0.5) is 0 Å². The van der Waals surface area contributed by atoms with E-state index in [0.29, 0.717) is 5.71 Å². The largest absolute Gasteiger partial charge is 0.305 e. The van der Waals surface area contributed by atoms with Gasteiger partial charge in [-0.1, -0.05) is 50.8 Å². The van der Waals surface area contributed by atoms with Crippen LogP contribution in [-0.4, -0.2) is 12.0 Å². The highest BCUT2D eigenvalue weighted by molar-refractivity contribution is 8.20. The van der Waals surface area contributed by atoms with Gasteiger partial charge in [-0.25, -0.2) is 0 Å². The molecule has 0 aliphatic carbocycles. The molecule has 0 aliphatic rings. The van der Waals surface area contributed by atoms with E-state index in [1.165, 1.54) is 22.1 Å². The molecule has 0 amide bonds. The predicted molar refractivity (Wildman–Crippen MR) is 90.5 cm³/mol. The summed E-state index contributed by atoms with van der Waals surface area (Å²) in [5.41, 5.74) is 4.20. The average molecular weight is 290 g/mol. The van der Waals surface area contributed by atoms with E-state index in [-0.39, 0.29) is 0 Å². The third-order valence-electron chi connectivity index (χ3n) is 1.94. The highest BCUT2D eigenvalue weighted by Crippen LogP contribution is 2.09. The quantitative estimate of drug-likeness (QED) is 0.607. The van der Waals surface area contributed by atoms with Crippen LogP contribution >= 0.6 is 21.7 Å². The lowest BCUT2D eigenvalue weighted by Crippen LogP contribution is -1.93. The summed E-state index contributed by atoms with van der Waals surface area (Å²) in [5, 5.41) is 7.40. The molecule has 0 radical (unpaired) electrons. The molecule has 1 aromatic rings. The number of halogens is 1. The average Bonchev–Trinajstić information content (AvgIpc) is 2.38. The molecule has 3 heteroatoms. The standard InChI is InChI=1S/C10H13N.2C2H6.CH3ClS/c1-7-4-5-10(9(3)11)6-8(7)2;2*1-2;1-3-2/h4-6,11H,1-3H3;2*1-2H3;1H3. The summed E-state index contributed by atoms with van der Waals surface area (Å²) < 4.78 is 0. The van der Waals surface area contributed by atoms with Gasteiger partial charge in [0.15, 0.2) is 0 Å². The fraction of sp³-hybridized carbons (Fsp3) is 0.533. The second kappa shape index (κ2) is 16.5. The maximum atomic E-state index is 7.40. The highest BCUT2D eigenvalue weighted by atomic mass is 35.7. The van der Waals surface area contributed by atoms with Crippen molar-refractivity contribution in [2.75, 3.05) is 6.26 Å². The third kappa shape index (κ3) is 12.0. The second-order valence-electron chi connectivity index (χ2n) is 3.08. The Morgan fingerprint density at radius 2 is 1.44 bits per heavy atom. The molecular weight excluding hydrogens is 262 g/mol. The molecule has 0 aliphatic heterocycles. The van der Waals surface area contributed by atoms with Crippen molar-refractivity contribution in [2.45, 2.75) is 48.5 Å². The molecule has 106 valence electrons. The molecule has 0 heterocycles. The van der Waals surface area contributed by atoms with Crippen molar-refractivity contribution in [3.8, 4) is 0 Å². The zero-order chi connectivity index (χ0) is 15.1. The molecule has 0 unspecified atom stereocenters. The van der Waals surface area contributed by atoms with Crippen LogP contribution in [0.2, 0.25) is 0 Å². The van der Waals surface area contributed by atoms with Crippen molar-refractivity contribution in [3.05, 3.63) is 34.9 Å². The summed E-state index contributed by atoms with van der Waals surface area (Å²) >= 11 is 0. The number of hydrogen-bond acceptors (Lipinski definition) is 2. The molecule has 1 nitrogen and oxygen atoms in total. The Morgan fingerprint density at radius 3 is 1.72 bits per heavy atom. The van der Waals surface area contributed by atoms with Crippen LogP contribution < -0.4 is 0 Å². The minimum absolute atomic E-state index is 0.633. The van der Waals surface area contributed by atoms with E-state index in [1.807, 2.05) is 46.9 Å². The zero-order valence-corrected chi connectivity index (χ0v) is 14.6. The van der Waals surface area contributed by atoms with Crippen LogP contribution in [0, 0.1) is 19.3 Å². The second-order valence-corrected chi connectivity index (χ2v) is 4.31. The van der Waals surface area contributed by atoms with Gasteiger partial charge < -0.3 is 5.41 Å². The maximum Gasteiger partial charge on any atom is 0.0355 e. The monoisotopic (exact) mass is 289 g/mol. The van der Waals surface area contributed by atoms with Gasteiger partial charge in [-0.15, -0.1) is 0 Å². The van der Waals surface area contributed by atoms with Gasteiger partial charge in [0, 0.05) is 5.71 Å². The van der Waals surface area contributed by atoms with E-state index in [1.54, 1.807) is 0 Å². The molecule has 1 N–H and O–H groups in total. The molecule has 0 saturated heterocycles. The van der Waals surface area contributed by atoms with E-state index in [4.69, 9.17) is 16.1 Å². The van der Waals surface area contributed by atoms with Gasteiger partial charge in [-0.2, -0.15) is 0 Å². The van der Waals surface area contributed by atoms with Crippen molar-refractivity contribution in [2.24, 2.45) is 0 Å². The Balaban J connectivity index is -0.000000274. The lowest BCUT2D eigenvalue weighted by molar-refractivity contribution is 1.32. The van der Waals surface area contributed by atoms with Gasteiger partial charge >= 0.3 is 0 Å². The molecule has 0 bridgehead atoms. The van der Waals surface area contributed by atoms with E-state index in [0.717, 1.165) is 5.56 Å². The number of nitrogens with one attached hydrogen (secondary N) is 1. The van der Waals surface area contributed by atoms with Crippen LogP contribution in [0.25, 0.3) is 0 Å². The topological polar surface area (TPSA) is 23.9 Å².